The molecule has 0 saturated heterocycles. The van der Waals surface area contributed by atoms with Crippen molar-refractivity contribution in [1.29, 1.82) is 0 Å². The summed E-state index contributed by atoms with van der Waals surface area (Å²) in [6.45, 7) is 11.6. The third-order valence-electron chi connectivity index (χ3n) is 3.14. The molecule has 0 radical (unpaired) electrons. The molecular weight excluding hydrogens is 370 g/mol. The van der Waals surface area contributed by atoms with E-state index in [1.807, 2.05) is 6.92 Å². The van der Waals surface area contributed by atoms with Gasteiger partial charge >= 0.3 is 24.1 Å². The maximum absolute atomic E-state index is 12.7. The summed E-state index contributed by atoms with van der Waals surface area (Å²) in [6, 6.07) is -1.47. The van der Waals surface area contributed by atoms with Gasteiger partial charge in [0.1, 0.15) is 17.2 Å². The molecule has 0 unspecified atom stereocenters. The molecule has 0 aliphatic rings. The summed E-state index contributed by atoms with van der Waals surface area (Å²) in [5.74, 6) is -2.06. The van der Waals surface area contributed by atoms with Crippen LogP contribution in [0, 0.1) is 0 Å². The second-order valence-electron chi connectivity index (χ2n) is 8.30. The molecule has 2 amide bonds. The Hall–Kier alpha value is -2.32. The lowest BCUT2D eigenvalue weighted by Gasteiger charge is -2.32. The number of carbonyl (C=O) groups is 4. The van der Waals surface area contributed by atoms with E-state index in [-0.39, 0.29) is 13.0 Å². The number of hydrogen-bond donors (Lipinski definition) is 1. The van der Waals surface area contributed by atoms with Gasteiger partial charge in [-0.1, -0.05) is 13.3 Å². The summed E-state index contributed by atoms with van der Waals surface area (Å²) in [7, 11) is 0. The van der Waals surface area contributed by atoms with E-state index < -0.39 is 47.8 Å². The van der Waals surface area contributed by atoms with Crippen molar-refractivity contribution >= 4 is 24.1 Å². The van der Waals surface area contributed by atoms with Crippen LogP contribution in [0.5, 0.6) is 0 Å². The number of esters is 1. The Morgan fingerprint density at radius 2 is 1.39 bits per heavy atom. The van der Waals surface area contributed by atoms with Crippen molar-refractivity contribution < 1.29 is 38.5 Å². The predicted octanol–water partition coefficient (Wildman–Crippen LogP) is 3.74. The van der Waals surface area contributed by atoms with Crippen molar-refractivity contribution in [2.24, 2.45) is 0 Å². The highest BCUT2D eigenvalue weighted by molar-refractivity contribution is 5.94. The topological polar surface area (TPSA) is 119 Å². The summed E-state index contributed by atoms with van der Waals surface area (Å²) in [6.07, 6.45) is -1.62. The summed E-state index contributed by atoms with van der Waals surface area (Å²) < 4.78 is 15.6. The molecule has 0 fully saturated rings. The molecular formula is C19H33NO8. The maximum atomic E-state index is 12.7. The van der Waals surface area contributed by atoms with Crippen molar-refractivity contribution in [3.63, 3.8) is 0 Å². The monoisotopic (exact) mass is 403 g/mol. The molecule has 9 nitrogen and oxygen atoms in total. The van der Waals surface area contributed by atoms with Crippen LogP contribution >= 0.6 is 0 Å². The zero-order valence-electron chi connectivity index (χ0n) is 17.9. The number of nitrogens with zero attached hydrogens (tertiary/aromatic N) is 1. The maximum Gasteiger partial charge on any atom is 0.420 e. The Bertz CT molecular complexity index is 531. The molecule has 28 heavy (non-hydrogen) atoms. The lowest BCUT2D eigenvalue weighted by Crippen LogP contribution is -2.52. The fraction of sp³-hybridized carbons (Fsp3) is 0.789. The molecule has 1 N–H and O–H groups in total. The number of carboxylic acid groups (broad SMARTS) is 1. The minimum absolute atomic E-state index is 0.0926. The first kappa shape index (κ1) is 25.7. The lowest BCUT2D eigenvalue weighted by atomic mass is 10.1. The summed E-state index contributed by atoms with van der Waals surface area (Å²) in [5.41, 5.74) is -1.89. The highest BCUT2D eigenvalue weighted by atomic mass is 16.6. The molecule has 0 saturated carbocycles. The van der Waals surface area contributed by atoms with Crippen LogP contribution in [0.2, 0.25) is 0 Å². The summed E-state index contributed by atoms with van der Waals surface area (Å²) in [5, 5.41) is 8.99. The molecule has 0 aliphatic heterocycles. The van der Waals surface area contributed by atoms with E-state index in [1.54, 1.807) is 41.5 Å². The van der Waals surface area contributed by atoms with Crippen molar-refractivity contribution in [1.82, 2.24) is 4.90 Å². The Balaban J connectivity index is 5.81. The van der Waals surface area contributed by atoms with E-state index in [4.69, 9.17) is 19.3 Å². The number of ether oxygens (including phenoxy) is 3. The van der Waals surface area contributed by atoms with Crippen LogP contribution in [0.25, 0.3) is 0 Å². The molecule has 0 bridgehead atoms. The van der Waals surface area contributed by atoms with E-state index in [2.05, 4.69) is 0 Å². The van der Waals surface area contributed by atoms with Gasteiger partial charge in [-0.05, 0) is 54.4 Å². The van der Waals surface area contributed by atoms with Crippen molar-refractivity contribution in [3.8, 4) is 0 Å². The molecule has 0 rings (SSSR count). The molecule has 9 heteroatoms. The predicted molar refractivity (Wildman–Crippen MR) is 101 cm³/mol. The van der Waals surface area contributed by atoms with Gasteiger partial charge in [0.25, 0.3) is 0 Å². The normalized spacial score (nSPS) is 12.7. The van der Waals surface area contributed by atoms with E-state index in [1.165, 1.54) is 0 Å². The third kappa shape index (κ3) is 10.7. The molecule has 0 aromatic heterocycles. The van der Waals surface area contributed by atoms with Crippen LogP contribution in [0.1, 0.15) is 74.1 Å². The fourth-order valence-corrected chi connectivity index (χ4v) is 1.98. The van der Waals surface area contributed by atoms with Crippen molar-refractivity contribution in [2.45, 2.75) is 91.4 Å². The first-order valence-electron chi connectivity index (χ1n) is 9.31. The zero-order chi connectivity index (χ0) is 22.1. The van der Waals surface area contributed by atoms with Crippen LogP contribution < -0.4 is 0 Å². The van der Waals surface area contributed by atoms with Gasteiger partial charge in [0, 0.05) is 6.42 Å². The van der Waals surface area contributed by atoms with Crippen LogP contribution in [0.15, 0.2) is 0 Å². The largest absolute Gasteiger partial charge is 0.481 e. The number of imide groups is 1. The first-order valence-corrected chi connectivity index (χ1v) is 9.31. The minimum Gasteiger partial charge on any atom is -0.481 e. The lowest BCUT2D eigenvalue weighted by molar-refractivity contribution is -0.150. The molecule has 1 atom stereocenters. The Morgan fingerprint density at radius 1 is 0.929 bits per heavy atom. The van der Waals surface area contributed by atoms with Gasteiger partial charge in [0.05, 0.1) is 6.61 Å². The minimum atomic E-state index is -1.47. The number of carbonyl (C=O) groups excluding carboxylic acids is 3. The van der Waals surface area contributed by atoms with E-state index >= 15 is 0 Å². The Morgan fingerprint density at radius 3 is 1.75 bits per heavy atom. The average molecular weight is 403 g/mol. The quantitative estimate of drug-likeness (QED) is 0.370. The van der Waals surface area contributed by atoms with E-state index in [9.17, 15) is 19.2 Å². The van der Waals surface area contributed by atoms with Gasteiger partial charge in [-0.2, -0.15) is 4.90 Å². The molecule has 0 aliphatic carbocycles. The van der Waals surface area contributed by atoms with E-state index in [0.717, 1.165) is 6.42 Å². The van der Waals surface area contributed by atoms with Crippen molar-refractivity contribution in [2.75, 3.05) is 6.61 Å². The van der Waals surface area contributed by atoms with Gasteiger partial charge < -0.3 is 19.3 Å². The smallest absolute Gasteiger partial charge is 0.420 e. The van der Waals surface area contributed by atoms with Crippen LogP contribution in [-0.4, -0.2) is 58.0 Å². The summed E-state index contributed by atoms with van der Waals surface area (Å²) >= 11 is 0. The summed E-state index contributed by atoms with van der Waals surface area (Å²) in [4.78, 5) is 49.4. The molecule has 0 spiro atoms. The number of aliphatic carboxylic acids is 1. The standard InChI is InChI=1S/C19H33NO8/c1-8-9-12-26-15(23)13(10-11-14(21)22)20(16(24)27-18(2,3)4)17(25)28-19(5,6)7/h13H,8-12H2,1-7H3,(H,21,22)/t13-/m0/s1. The van der Waals surface area contributed by atoms with Crippen LogP contribution in [-0.2, 0) is 23.8 Å². The molecule has 0 heterocycles. The molecule has 162 valence electrons. The molecule has 0 aromatic rings. The highest BCUT2D eigenvalue weighted by Crippen LogP contribution is 2.20. The van der Waals surface area contributed by atoms with Gasteiger partial charge in [-0.3, -0.25) is 4.79 Å². The van der Waals surface area contributed by atoms with Gasteiger partial charge in [0.15, 0.2) is 0 Å². The van der Waals surface area contributed by atoms with Crippen LogP contribution in [0.3, 0.4) is 0 Å². The van der Waals surface area contributed by atoms with Gasteiger partial charge in [-0.15, -0.1) is 0 Å². The van der Waals surface area contributed by atoms with Gasteiger partial charge in [-0.25, -0.2) is 14.4 Å². The van der Waals surface area contributed by atoms with Gasteiger partial charge in [0.2, 0.25) is 0 Å². The number of unbranched alkanes of at least 4 members (excludes halogenated alkanes) is 1. The number of hydrogen-bond acceptors (Lipinski definition) is 7. The second-order valence-corrected chi connectivity index (χ2v) is 8.30. The number of rotatable bonds is 8. The molecule has 0 aromatic carbocycles. The zero-order valence-corrected chi connectivity index (χ0v) is 17.9. The van der Waals surface area contributed by atoms with Crippen molar-refractivity contribution in [3.05, 3.63) is 0 Å². The Kier molecular flexibility index (Phi) is 9.97. The fourth-order valence-electron chi connectivity index (χ4n) is 1.98. The average Bonchev–Trinajstić information content (AvgIpc) is 2.47. The van der Waals surface area contributed by atoms with Crippen LogP contribution in [0.4, 0.5) is 9.59 Å². The number of amides is 2. The second kappa shape index (κ2) is 10.9. The highest BCUT2D eigenvalue weighted by Gasteiger charge is 2.41. The Labute approximate surface area is 166 Å². The third-order valence-corrected chi connectivity index (χ3v) is 3.14. The van der Waals surface area contributed by atoms with E-state index in [0.29, 0.717) is 11.3 Å². The number of carboxylic acids is 1. The SMILES string of the molecule is CCCCOC(=O)[C@H](CCC(=O)O)N(C(=O)OC(C)(C)C)C(=O)OC(C)(C)C. The first-order chi connectivity index (χ1) is 12.7.